The lowest BCUT2D eigenvalue weighted by atomic mass is 10.1. The Hall–Kier alpha value is -3.66. The molecule has 4 rings (SSSR count). The second kappa shape index (κ2) is 7.92. The highest BCUT2D eigenvalue weighted by atomic mass is 16.1. The Morgan fingerprint density at radius 1 is 0.536 bits per heavy atom. The lowest BCUT2D eigenvalue weighted by Gasteiger charge is -2.12. The normalized spacial score (nSPS) is 10.7. The van der Waals surface area contributed by atoms with E-state index in [9.17, 15) is 9.59 Å². The maximum absolute atomic E-state index is 12.8. The van der Waals surface area contributed by atoms with Crippen molar-refractivity contribution >= 4 is 11.6 Å². The van der Waals surface area contributed by atoms with E-state index < -0.39 is 0 Å². The number of hydrogen-bond acceptors (Lipinski definition) is 2. The summed E-state index contributed by atoms with van der Waals surface area (Å²) in [6, 6.07) is 26.0. The lowest BCUT2D eigenvalue weighted by Crippen LogP contribution is -2.16. The Balaban J connectivity index is 1.52. The third-order valence-electron chi connectivity index (χ3n) is 4.78. The Labute approximate surface area is 163 Å². The molecule has 4 aromatic rings. The zero-order valence-corrected chi connectivity index (χ0v) is 15.4. The van der Waals surface area contributed by atoms with E-state index in [1.807, 2.05) is 106 Å². The molecule has 0 unspecified atom stereocenters. The molecule has 4 heteroatoms. The summed E-state index contributed by atoms with van der Waals surface area (Å²) in [7, 11) is 0. The van der Waals surface area contributed by atoms with Gasteiger partial charge in [-0.15, -0.1) is 0 Å². The minimum Gasteiger partial charge on any atom is -0.343 e. The molecular weight excluding hydrogens is 348 g/mol. The first kappa shape index (κ1) is 17.7. The summed E-state index contributed by atoms with van der Waals surface area (Å²) in [5.41, 5.74) is 2.63. The molecule has 28 heavy (non-hydrogen) atoms. The van der Waals surface area contributed by atoms with Crippen LogP contribution in [0.4, 0.5) is 0 Å². The van der Waals surface area contributed by atoms with Gasteiger partial charge in [-0.2, -0.15) is 0 Å². The molecule has 2 aromatic heterocycles. The number of aryl methyl sites for hydroxylation is 2. The largest absolute Gasteiger partial charge is 0.343 e. The quantitative estimate of drug-likeness (QED) is 0.452. The fourth-order valence-electron chi connectivity index (χ4n) is 3.32. The van der Waals surface area contributed by atoms with Crippen LogP contribution < -0.4 is 0 Å². The van der Waals surface area contributed by atoms with E-state index in [-0.39, 0.29) is 11.6 Å². The highest BCUT2D eigenvalue weighted by Crippen LogP contribution is 2.14. The first-order valence-electron chi connectivity index (χ1n) is 9.24. The van der Waals surface area contributed by atoms with Gasteiger partial charge in [0.15, 0.2) is 0 Å². The molecule has 2 aromatic carbocycles. The number of rotatable bonds is 7. The predicted molar refractivity (Wildman–Crippen MR) is 109 cm³/mol. The summed E-state index contributed by atoms with van der Waals surface area (Å²) in [6.45, 7) is 1.20. The average molecular weight is 368 g/mol. The van der Waals surface area contributed by atoms with Crippen LogP contribution in [-0.4, -0.2) is 20.7 Å². The van der Waals surface area contributed by atoms with Gasteiger partial charge in [0.05, 0.1) is 11.4 Å². The van der Waals surface area contributed by atoms with Gasteiger partial charge in [-0.05, 0) is 24.3 Å². The van der Waals surface area contributed by atoms with Gasteiger partial charge in [0.2, 0.25) is 11.6 Å². The van der Waals surface area contributed by atoms with Crippen molar-refractivity contribution in [3.05, 3.63) is 120 Å². The van der Waals surface area contributed by atoms with Gasteiger partial charge in [-0.25, -0.2) is 0 Å². The third-order valence-corrected chi connectivity index (χ3v) is 4.78. The smallest absolute Gasteiger partial charge is 0.209 e. The van der Waals surface area contributed by atoms with Gasteiger partial charge in [0.1, 0.15) is 0 Å². The molecule has 0 radical (unpaired) electrons. The van der Waals surface area contributed by atoms with E-state index in [0.29, 0.717) is 35.6 Å². The molecule has 0 saturated heterocycles. The molecular formula is C24H20N2O2. The lowest BCUT2D eigenvalue weighted by molar-refractivity contribution is 0.101. The Kier molecular flexibility index (Phi) is 5.02. The van der Waals surface area contributed by atoms with Gasteiger partial charge in [-0.3, -0.25) is 9.59 Å². The van der Waals surface area contributed by atoms with Crippen LogP contribution in [0.25, 0.3) is 0 Å². The topological polar surface area (TPSA) is 44.0 Å². The van der Waals surface area contributed by atoms with E-state index in [0.717, 1.165) is 0 Å². The van der Waals surface area contributed by atoms with Crippen molar-refractivity contribution in [2.24, 2.45) is 0 Å². The minimum absolute atomic E-state index is 0.00121. The number of carbonyl (C=O) groups is 2. The van der Waals surface area contributed by atoms with Crippen LogP contribution in [-0.2, 0) is 13.1 Å². The monoisotopic (exact) mass is 368 g/mol. The van der Waals surface area contributed by atoms with Crippen LogP contribution in [0.3, 0.4) is 0 Å². The van der Waals surface area contributed by atoms with Crippen LogP contribution in [0, 0.1) is 0 Å². The van der Waals surface area contributed by atoms with Crippen molar-refractivity contribution in [2.45, 2.75) is 13.1 Å². The van der Waals surface area contributed by atoms with Crippen molar-refractivity contribution in [1.82, 2.24) is 9.13 Å². The first-order valence-corrected chi connectivity index (χ1v) is 9.24. The number of benzene rings is 2. The predicted octanol–water partition coefficient (Wildman–Crippen LogP) is 4.45. The Morgan fingerprint density at radius 2 is 0.929 bits per heavy atom. The van der Waals surface area contributed by atoms with Crippen LogP contribution in [0.15, 0.2) is 97.3 Å². The number of carbonyl (C=O) groups excluding carboxylic acids is 2. The molecule has 0 fully saturated rings. The summed E-state index contributed by atoms with van der Waals surface area (Å²) in [4.78, 5) is 25.5. The average Bonchev–Trinajstić information content (AvgIpc) is 3.41. The molecule has 0 aliphatic rings. The van der Waals surface area contributed by atoms with Crippen LogP contribution in [0.2, 0.25) is 0 Å². The van der Waals surface area contributed by atoms with Crippen LogP contribution >= 0.6 is 0 Å². The van der Waals surface area contributed by atoms with Crippen molar-refractivity contribution < 1.29 is 9.59 Å². The fourth-order valence-corrected chi connectivity index (χ4v) is 3.32. The minimum atomic E-state index is -0.00121. The molecule has 2 heterocycles. The van der Waals surface area contributed by atoms with Gasteiger partial charge >= 0.3 is 0 Å². The van der Waals surface area contributed by atoms with Crippen LogP contribution in [0.5, 0.6) is 0 Å². The highest BCUT2D eigenvalue weighted by Gasteiger charge is 2.15. The molecule has 0 spiro atoms. The van der Waals surface area contributed by atoms with E-state index in [1.165, 1.54) is 0 Å². The second-order valence-corrected chi connectivity index (χ2v) is 6.56. The molecule has 0 atom stereocenters. The van der Waals surface area contributed by atoms with E-state index in [1.54, 1.807) is 0 Å². The van der Waals surface area contributed by atoms with Gasteiger partial charge < -0.3 is 9.13 Å². The van der Waals surface area contributed by atoms with Crippen molar-refractivity contribution in [1.29, 1.82) is 0 Å². The summed E-state index contributed by atoms with van der Waals surface area (Å²) in [5, 5.41) is 0. The molecule has 4 nitrogen and oxygen atoms in total. The molecule has 0 amide bonds. The number of ketones is 2. The fraction of sp³-hybridized carbons (Fsp3) is 0.0833. The number of hydrogen-bond donors (Lipinski definition) is 0. The molecule has 0 aliphatic heterocycles. The molecule has 0 aliphatic carbocycles. The third kappa shape index (κ3) is 3.58. The Bertz CT molecular complexity index is 1000. The number of nitrogens with zero attached hydrogens (tertiary/aromatic N) is 2. The molecule has 0 N–H and O–H groups in total. The summed E-state index contributed by atoms with van der Waals surface area (Å²) in [6.07, 6.45) is 3.80. The maximum Gasteiger partial charge on any atom is 0.209 e. The summed E-state index contributed by atoms with van der Waals surface area (Å²) in [5.74, 6) is -0.00242. The van der Waals surface area contributed by atoms with Gasteiger partial charge in [0.25, 0.3) is 0 Å². The van der Waals surface area contributed by atoms with Crippen LogP contribution in [0.1, 0.15) is 32.1 Å². The first-order chi connectivity index (χ1) is 13.7. The summed E-state index contributed by atoms with van der Waals surface area (Å²) >= 11 is 0. The van der Waals surface area contributed by atoms with E-state index in [4.69, 9.17) is 0 Å². The zero-order chi connectivity index (χ0) is 19.3. The maximum atomic E-state index is 12.8. The molecule has 0 bridgehead atoms. The van der Waals surface area contributed by atoms with Crippen molar-refractivity contribution in [3.63, 3.8) is 0 Å². The van der Waals surface area contributed by atoms with Gasteiger partial charge in [-0.1, -0.05) is 60.7 Å². The van der Waals surface area contributed by atoms with E-state index in [2.05, 4.69) is 0 Å². The Morgan fingerprint density at radius 3 is 1.32 bits per heavy atom. The van der Waals surface area contributed by atoms with Gasteiger partial charge in [0, 0.05) is 36.6 Å². The highest BCUT2D eigenvalue weighted by molar-refractivity contribution is 6.08. The SMILES string of the molecule is O=C(c1ccccc1)c1cccn1CCn1cccc1C(=O)c1ccccc1. The zero-order valence-electron chi connectivity index (χ0n) is 15.4. The van der Waals surface area contributed by atoms with Crippen molar-refractivity contribution in [2.75, 3.05) is 0 Å². The second-order valence-electron chi connectivity index (χ2n) is 6.56. The molecule has 0 saturated carbocycles. The number of aromatic nitrogens is 2. The standard InChI is InChI=1S/C24H20N2O2/c27-23(19-9-3-1-4-10-19)21-13-7-15-25(21)17-18-26-16-8-14-22(26)24(28)20-11-5-2-6-12-20/h1-16H,17-18H2. The van der Waals surface area contributed by atoms with Crippen molar-refractivity contribution in [3.8, 4) is 0 Å². The molecule has 138 valence electrons. The summed E-state index contributed by atoms with van der Waals surface area (Å²) < 4.78 is 3.87. The van der Waals surface area contributed by atoms with E-state index >= 15 is 0 Å².